The highest BCUT2D eigenvalue weighted by Crippen LogP contribution is 2.06. The molecule has 0 spiro atoms. The average Bonchev–Trinajstić information content (AvgIpc) is 2.74. The van der Waals surface area contributed by atoms with Crippen LogP contribution < -0.4 is 5.32 Å². The van der Waals surface area contributed by atoms with E-state index >= 15 is 0 Å². The van der Waals surface area contributed by atoms with Gasteiger partial charge in [0.15, 0.2) is 0 Å². The van der Waals surface area contributed by atoms with Gasteiger partial charge >= 0.3 is 0 Å². The van der Waals surface area contributed by atoms with Crippen molar-refractivity contribution in [3.63, 3.8) is 0 Å². The molecule has 1 aliphatic rings. The SMILES string of the molecule is CCNCc1cn(CC2CN(C)CCO2)cn1. The molecule has 96 valence electrons. The average molecular weight is 238 g/mol. The van der Waals surface area contributed by atoms with E-state index in [0.29, 0.717) is 0 Å². The fourth-order valence-electron chi connectivity index (χ4n) is 2.06. The third-order valence-electron chi connectivity index (χ3n) is 3.00. The second-order valence-corrected chi connectivity index (χ2v) is 4.60. The van der Waals surface area contributed by atoms with Crippen molar-refractivity contribution in [2.24, 2.45) is 0 Å². The van der Waals surface area contributed by atoms with Crippen molar-refractivity contribution >= 4 is 0 Å². The number of aromatic nitrogens is 2. The largest absolute Gasteiger partial charge is 0.374 e. The Kier molecular flexibility index (Phi) is 4.53. The second kappa shape index (κ2) is 6.14. The summed E-state index contributed by atoms with van der Waals surface area (Å²) in [7, 11) is 2.14. The fraction of sp³-hybridized carbons (Fsp3) is 0.750. The molecule has 1 fully saturated rings. The minimum atomic E-state index is 0.287. The van der Waals surface area contributed by atoms with Gasteiger partial charge in [-0.25, -0.2) is 4.98 Å². The molecule has 1 unspecified atom stereocenters. The Hall–Kier alpha value is -0.910. The number of rotatable bonds is 5. The minimum absolute atomic E-state index is 0.287. The Balaban J connectivity index is 1.83. The van der Waals surface area contributed by atoms with Gasteiger partial charge in [-0.3, -0.25) is 0 Å². The number of nitrogens with one attached hydrogen (secondary N) is 1. The van der Waals surface area contributed by atoms with Crippen molar-refractivity contribution in [1.82, 2.24) is 19.8 Å². The number of hydrogen-bond acceptors (Lipinski definition) is 4. The predicted octanol–water partition coefficient (Wildman–Crippen LogP) is 0.323. The monoisotopic (exact) mass is 238 g/mol. The van der Waals surface area contributed by atoms with Crippen LogP contribution in [0.2, 0.25) is 0 Å². The Morgan fingerprint density at radius 3 is 3.24 bits per heavy atom. The van der Waals surface area contributed by atoms with Gasteiger partial charge in [-0.15, -0.1) is 0 Å². The third kappa shape index (κ3) is 3.80. The maximum atomic E-state index is 5.74. The summed E-state index contributed by atoms with van der Waals surface area (Å²) in [6, 6.07) is 0. The van der Waals surface area contributed by atoms with Crippen molar-refractivity contribution in [2.75, 3.05) is 33.3 Å². The molecule has 0 saturated carbocycles. The zero-order valence-corrected chi connectivity index (χ0v) is 10.7. The molecule has 1 aliphatic heterocycles. The van der Waals surface area contributed by atoms with Gasteiger partial charge < -0.3 is 19.5 Å². The molecule has 5 nitrogen and oxygen atoms in total. The molecule has 0 radical (unpaired) electrons. The van der Waals surface area contributed by atoms with Gasteiger partial charge in [0.25, 0.3) is 0 Å². The van der Waals surface area contributed by atoms with Crippen molar-refractivity contribution in [1.29, 1.82) is 0 Å². The molecule has 1 atom stereocenters. The van der Waals surface area contributed by atoms with E-state index in [9.17, 15) is 0 Å². The van der Waals surface area contributed by atoms with Crippen LogP contribution in [0.25, 0.3) is 0 Å². The molecule has 2 rings (SSSR count). The van der Waals surface area contributed by atoms with Gasteiger partial charge in [0.1, 0.15) is 0 Å². The number of hydrogen-bond donors (Lipinski definition) is 1. The summed E-state index contributed by atoms with van der Waals surface area (Å²) >= 11 is 0. The third-order valence-corrected chi connectivity index (χ3v) is 3.00. The fourth-order valence-corrected chi connectivity index (χ4v) is 2.06. The first-order valence-corrected chi connectivity index (χ1v) is 6.29. The zero-order chi connectivity index (χ0) is 12.1. The molecule has 1 aromatic heterocycles. The van der Waals surface area contributed by atoms with Gasteiger partial charge in [-0.2, -0.15) is 0 Å². The Bertz CT molecular complexity index is 339. The van der Waals surface area contributed by atoms with Crippen LogP contribution in [0.5, 0.6) is 0 Å². The van der Waals surface area contributed by atoms with Gasteiger partial charge in [0.05, 0.1) is 31.3 Å². The number of likely N-dealkylation sites (N-methyl/N-ethyl adjacent to an activating group) is 1. The number of morpholine rings is 1. The molecule has 1 N–H and O–H groups in total. The molecule has 0 aliphatic carbocycles. The molecule has 17 heavy (non-hydrogen) atoms. The highest BCUT2D eigenvalue weighted by atomic mass is 16.5. The lowest BCUT2D eigenvalue weighted by Crippen LogP contribution is -2.41. The Morgan fingerprint density at radius 2 is 2.47 bits per heavy atom. The van der Waals surface area contributed by atoms with Gasteiger partial charge in [0.2, 0.25) is 0 Å². The summed E-state index contributed by atoms with van der Waals surface area (Å²) in [6.45, 7) is 7.68. The summed E-state index contributed by atoms with van der Waals surface area (Å²) in [5.74, 6) is 0. The molecule has 5 heteroatoms. The lowest BCUT2D eigenvalue weighted by Gasteiger charge is -2.30. The standard InChI is InChI=1S/C12H22N4O/c1-3-13-6-11-7-16(10-14-11)9-12-8-15(2)4-5-17-12/h7,10,12-13H,3-6,8-9H2,1-2H3. The molecule has 1 saturated heterocycles. The maximum absolute atomic E-state index is 5.74. The summed E-state index contributed by atoms with van der Waals surface area (Å²) in [6.07, 6.45) is 4.28. The smallest absolute Gasteiger partial charge is 0.0950 e. The quantitative estimate of drug-likeness (QED) is 0.802. The van der Waals surface area contributed by atoms with E-state index in [2.05, 4.69) is 39.9 Å². The van der Waals surface area contributed by atoms with Crippen LogP contribution in [0.4, 0.5) is 0 Å². The van der Waals surface area contributed by atoms with Crippen LogP contribution in [-0.4, -0.2) is 53.8 Å². The predicted molar refractivity (Wildman–Crippen MR) is 66.8 cm³/mol. The van der Waals surface area contributed by atoms with Gasteiger partial charge in [-0.1, -0.05) is 6.92 Å². The van der Waals surface area contributed by atoms with Crippen molar-refractivity contribution in [3.8, 4) is 0 Å². The van der Waals surface area contributed by atoms with Crippen LogP contribution in [0.3, 0.4) is 0 Å². The highest BCUT2D eigenvalue weighted by Gasteiger charge is 2.17. The van der Waals surface area contributed by atoms with E-state index < -0.39 is 0 Å². The van der Waals surface area contributed by atoms with Crippen LogP contribution in [0.15, 0.2) is 12.5 Å². The summed E-state index contributed by atoms with van der Waals surface area (Å²) in [4.78, 5) is 6.68. The molecule has 2 heterocycles. The molecular weight excluding hydrogens is 216 g/mol. The van der Waals surface area contributed by atoms with E-state index in [1.165, 1.54) is 0 Å². The maximum Gasteiger partial charge on any atom is 0.0950 e. The molecule has 0 bridgehead atoms. The molecule has 0 amide bonds. The van der Waals surface area contributed by atoms with Crippen LogP contribution >= 0.6 is 0 Å². The zero-order valence-electron chi connectivity index (χ0n) is 10.7. The van der Waals surface area contributed by atoms with Crippen LogP contribution in [-0.2, 0) is 17.8 Å². The first kappa shape index (κ1) is 12.5. The Morgan fingerprint density at radius 1 is 1.59 bits per heavy atom. The minimum Gasteiger partial charge on any atom is -0.374 e. The number of nitrogens with zero attached hydrogens (tertiary/aromatic N) is 3. The van der Waals surface area contributed by atoms with Crippen LogP contribution in [0, 0.1) is 0 Å². The molecule has 1 aromatic rings. The highest BCUT2D eigenvalue weighted by molar-refractivity contribution is 4.96. The van der Waals surface area contributed by atoms with E-state index in [1.54, 1.807) is 0 Å². The van der Waals surface area contributed by atoms with E-state index in [0.717, 1.165) is 45.0 Å². The van der Waals surface area contributed by atoms with E-state index in [4.69, 9.17) is 4.74 Å². The lowest BCUT2D eigenvalue weighted by atomic mass is 10.3. The Labute approximate surface area is 103 Å². The summed E-state index contributed by atoms with van der Waals surface area (Å²) in [5.41, 5.74) is 1.09. The number of imidazole rings is 1. The van der Waals surface area contributed by atoms with Crippen molar-refractivity contribution in [3.05, 3.63) is 18.2 Å². The lowest BCUT2D eigenvalue weighted by molar-refractivity contribution is -0.0274. The number of ether oxygens (including phenoxy) is 1. The van der Waals surface area contributed by atoms with Crippen molar-refractivity contribution < 1.29 is 4.74 Å². The summed E-state index contributed by atoms with van der Waals surface area (Å²) in [5, 5.41) is 3.27. The van der Waals surface area contributed by atoms with E-state index in [1.807, 2.05) is 6.33 Å². The molecule has 0 aromatic carbocycles. The first-order chi connectivity index (χ1) is 8.28. The van der Waals surface area contributed by atoms with Gasteiger partial charge in [-0.05, 0) is 13.6 Å². The van der Waals surface area contributed by atoms with Crippen LogP contribution in [0.1, 0.15) is 12.6 Å². The topological polar surface area (TPSA) is 42.3 Å². The van der Waals surface area contributed by atoms with E-state index in [-0.39, 0.29) is 6.10 Å². The molecular formula is C12H22N4O. The van der Waals surface area contributed by atoms with Crippen molar-refractivity contribution in [2.45, 2.75) is 26.1 Å². The second-order valence-electron chi connectivity index (χ2n) is 4.60. The summed E-state index contributed by atoms with van der Waals surface area (Å²) < 4.78 is 7.86. The first-order valence-electron chi connectivity index (χ1n) is 6.29. The normalized spacial score (nSPS) is 21.9. The van der Waals surface area contributed by atoms with Gasteiger partial charge in [0, 0.05) is 25.8 Å².